The molecule has 1 unspecified atom stereocenters. The molecule has 14 heavy (non-hydrogen) atoms. The molecule has 1 heterocycles. The molecule has 1 atom stereocenters. The molecular formula is C10H20N2OS. The number of nitrogens with zero attached hydrogens (tertiary/aromatic N) is 1. The predicted octanol–water partition coefficient (Wildman–Crippen LogP) is 1.30. The predicted molar refractivity (Wildman–Crippen MR) is 61.4 cm³/mol. The second-order valence-corrected chi connectivity index (χ2v) is 4.64. The van der Waals surface area contributed by atoms with Crippen LogP contribution in [0.5, 0.6) is 0 Å². The largest absolute Gasteiger partial charge is 0.329 e. The van der Waals surface area contributed by atoms with E-state index in [4.69, 9.17) is 0 Å². The number of carbonyl (C=O) groups excluding carboxylic acids is 1. The van der Waals surface area contributed by atoms with Gasteiger partial charge in [-0.2, -0.15) is 11.8 Å². The Morgan fingerprint density at radius 3 is 3.07 bits per heavy atom. The van der Waals surface area contributed by atoms with E-state index >= 15 is 0 Å². The Labute approximate surface area is 90.6 Å². The van der Waals surface area contributed by atoms with E-state index in [9.17, 15) is 4.79 Å². The Kier molecular flexibility index (Phi) is 5.33. The number of amides is 1. The maximum atomic E-state index is 11.7. The molecule has 0 aliphatic carbocycles. The van der Waals surface area contributed by atoms with Crippen molar-refractivity contribution in [1.82, 2.24) is 10.2 Å². The van der Waals surface area contributed by atoms with Crippen LogP contribution in [-0.4, -0.2) is 42.1 Å². The van der Waals surface area contributed by atoms with Crippen molar-refractivity contribution in [2.24, 2.45) is 0 Å². The lowest BCUT2D eigenvalue weighted by Gasteiger charge is -2.14. The highest BCUT2D eigenvalue weighted by atomic mass is 32.2. The van der Waals surface area contributed by atoms with E-state index in [0.29, 0.717) is 5.91 Å². The summed E-state index contributed by atoms with van der Waals surface area (Å²) in [5.41, 5.74) is 0. The number of hydrogen-bond acceptors (Lipinski definition) is 3. The second kappa shape index (κ2) is 6.30. The van der Waals surface area contributed by atoms with Gasteiger partial charge in [0.2, 0.25) is 5.91 Å². The van der Waals surface area contributed by atoms with Crippen LogP contribution in [0.3, 0.4) is 0 Å². The van der Waals surface area contributed by atoms with Crippen molar-refractivity contribution in [2.45, 2.75) is 32.2 Å². The molecule has 0 aromatic heterocycles. The molecule has 82 valence electrons. The Balaban J connectivity index is 2.25. The van der Waals surface area contributed by atoms with Gasteiger partial charge in [0.1, 0.15) is 0 Å². The van der Waals surface area contributed by atoms with Crippen LogP contribution in [0.1, 0.15) is 26.2 Å². The maximum Gasteiger partial charge on any atom is 0.240 e. The molecule has 0 saturated carbocycles. The summed E-state index contributed by atoms with van der Waals surface area (Å²) < 4.78 is 0. The monoisotopic (exact) mass is 216 g/mol. The Bertz CT molecular complexity index is 187. The fraction of sp³-hybridized carbons (Fsp3) is 0.900. The van der Waals surface area contributed by atoms with Gasteiger partial charge < -0.3 is 4.90 Å². The lowest BCUT2D eigenvalue weighted by molar-refractivity contribution is -0.129. The minimum Gasteiger partial charge on any atom is -0.329 e. The van der Waals surface area contributed by atoms with Crippen LogP contribution in [0.4, 0.5) is 0 Å². The number of nitrogens with one attached hydrogen (secondary N) is 1. The second-order valence-electron chi connectivity index (χ2n) is 3.65. The minimum absolute atomic E-state index is 0.0919. The highest BCUT2D eigenvalue weighted by molar-refractivity contribution is 7.98. The molecular weight excluding hydrogens is 196 g/mol. The molecule has 0 radical (unpaired) electrons. The average Bonchev–Trinajstić information content (AvgIpc) is 2.51. The maximum absolute atomic E-state index is 11.7. The molecule has 1 rings (SSSR count). The van der Waals surface area contributed by atoms with Gasteiger partial charge in [-0.1, -0.05) is 13.3 Å². The summed E-state index contributed by atoms with van der Waals surface area (Å²) in [4.78, 5) is 13.7. The van der Waals surface area contributed by atoms with E-state index in [-0.39, 0.29) is 6.04 Å². The summed E-state index contributed by atoms with van der Waals surface area (Å²) in [6.45, 7) is 3.77. The van der Waals surface area contributed by atoms with Crippen LogP contribution in [0.15, 0.2) is 0 Å². The molecule has 1 aliphatic rings. The topological polar surface area (TPSA) is 32.3 Å². The van der Waals surface area contributed by atoms with E-state index < -0.39 is 0 Å². The molecule has 1 aliphatic heterocycles. The summed E-state index contributed by atoms with van der Waals surface area (Å²) in [6, 6.07) is 0.0919. The number of hydrogen-bond donors (Lipinski definition) is 1. The van der Waals surface area contributed by atoms with Crippen LogP contribution >= 0.6 is 11.8 Å². The van der Waals surface area contributed by atoms with Crippen LogP contribution in [-0.2, 0) is 4.79 Å². The van der Waals surface area contributed by atoms with Gasteiger partial charge in [-0.3, -0.25) is 10.1 Å². The molecule has 4 heteroatoms. The van der Waals surface area contributed by atoms with Crippen LogP contribution in [0.2, 0.25) is 0 Å². The smallest absolute Gasteiger partial charge is 0.240 e. The molecule has 0 aromatic rings. The van der Waals surface area contributed by atoms with Crippen molar-refractivity contribution in [3.63, 3.8) is 0 Å². The number of carbonyl (C=O) groups is 1. The molecule has 1 amide bonds. The van der Waals surface area contributed by atoms with Gasteiger partial charge in [-0.15, -0.1) is 0 Å². The fourth-order valence-electron chi connectivity index (χ4n) is 1.71. The molecule has 1 N–H and O–H groups in total. The SMILES string of the molecule is CCCC1NCN(CCCSC)C1=O. The van der Waals surface area contributed by atoms with Crippen molar-refractivity contribution in [3.8, 4) is 0 Å². The highest BCUT2D eigenvalue weighted by Crippen LogP contribution is 2.09. The van der Waals surface area contributed by atoms with Gasteiger partial charge >= 0.3 is 0 Å². The lowest BCUT2D eigenvalue weighted by atomic mass is 10.2. The number of rotatable bonds is 6. The normalized spacial score (nSPS) is 22.0. The van der Waals surface area contributed by atoms with E-state index in [1.54, 1.807) is 0 Å². The molecule has 0 bridgehead atoms. The van der Waals surface area contributed by atoms with Gasteiger partial charge in [0, 0.05) is 6.54 Å². The van der Waals surface area contributed by atoms with Crippen molar-refractivity contribution < 1.29 is 4.79 Å². The lowest BCUT2D eigenvalue weighted by Crippen LogP contribution is -2.31. The van der Waals surface area contributed by atoms with E-state index in [2.05, 4.69) is 18.5 Å². The minimum atomic E-state index is 0.0919. The Morgan fingerprint density at radius 1 is 1.64 bits per heavy atom. The molecule has 1 fully saturated rings. The fourth-order valence-corrected chi connectivity index (χ4v) is 2.13. The summed E-state index contributed by atoms with van der Waals surface area (Å²) in [5, 5.41) is 3.25. The first-order valence-corrected chi connectivity index (χ1v) is 6.70. The van der Waals surface area contributed by atoms with Crippen molar-refractivity contribution in [2.75, 3.05) is 25.2 Å². The van der Waals surface area contributed by atoms with E-state index in [1.807, 2.05) is 16.7 Å². The molecule has 0 aromatic carbocycles. The summed E-state index contributed by atoms with van der Waals surface area (Å²) >= 11 is 1.84. The third-order valence-corrected chi connectivity index (χ3v) is 3.19. The summed E-state index contributed by atoms with van der Waals surface area (Å²) in [7, 11) is 0. The summed E-state index contributed by atoms with van der Waals surface area (Å²) in [6.07, 6.45) is 5.25. The summed E-state index contributed by atoms with van der Waals surface area (Å²) in [5.74, 6) is 1.44. The zero-order valence-corrected chi connectivity index (χ0v) is 9.90. The van der Waals surface area contributed by atoms with Crippen LogP contribution in [0, 0.1) is 0 Å². The van der Waals surface area contributed by atoms with Crippen LogP contribution < -0.4 is 5.32 Å². The van der Waals surface area contributed by atoms with Crippen molar-refractivity contribution in [1.29, 1.82) is 0 Å². The quantitative estimate of drug-likeness (QED) is 0.679. The first kappa shape index (κ1) is 11.9. The Morgan fingerprint density at radius 2 is 2.43 bits per heavy atom. The first-order chi connectivity index (χ1) is 6.79. The molecule has 3 nitrogen and oxygen atoms in total. The average molecular weight is 216 g/mol. The van der Waals surface area contributed by atoms with Gasteiger partial charge in [0.25, 0.3) is 0 Å². The third-order valence-electron chi connectivity index (χ3n) is 2.49. The van der Waals surface area contributed by atoms with Crippen molar-refractivity contribution in [3.05, 3.63) is 0 Å². The van der Waals surface area contributed by atoms with Gasteiger partial charge in [0.05, 0.1) is 12.7 Å². The molecule has 0 spiro atoms. The van der Waals surface area contributed by atoms with E-state index in [1.165, 1.54) is 0 Å². The Hall–Kier alpha value is -0.220. The zero-order valence-electron chi connectivity index (χ0n) is 9.08. The van der Waals surface area contributed by atoms with Crippen molar-refractivity contribution >= 4 is 17.7 Å². The van der Waals surface area contributed by atoms with Gasteiger partial charge in [-0.25, -0.2) is 0 Å². The third kappa shape index (κ3) is 3.17. The number of thioether (sulfide) groups is 1. The zero-order chi connectivity index (χ0) is 10.4. The highest BCUT2D eigenvalue weighted by Gasteiger charge is 2.29. The van der Waals surface area contributed by atoms with Crippen LogP contribution in [0.25, 0.3) is 0 Å². The first-order valence-electron chi connectivity index (χ1n) is 5.30. The van der Waals surface area contributed by atoms with E-state index in [0.717, 1.165) is 38.2 Å². The standard InChI is InChI=1S/C10H20N2OS/c1-3-5-9-10(13)12(8-11-9)6-4-7-14-2/h9,11H,3-8H2,1-2H3. The molecule has 1 saturated heterocycles. The van der Waals surface area contributed by atoms with Gasteiger partial charge in [-0.05, 0) is 24.9 Å². The van der Waals surface area contributed by atoms with Gasteiger partial charge in [0.15, 0.2) is 0 Å².